The number of benzene rings is 2. The zero-order valence-electron chi connectivity index (χ0n) is 16.3. The van der Waals surface area contributed by atoms with Crippen LogP contribution < -0.4 is 10.9 Å². The summed E-state index contributed by atoms with van der Waals surface area (Å²) in [5, 5.41) is 7.33. The summed E-state index contributed by atoms with van der Waals surface area (Å²) < 4.78 is 14.6. The van der Waals surface area contributed by atoms with Crippen LogP contribution in [-0.2, 0) is 0 Å². The fourth-order valence-corrected chi connectivity index (χ4v) is 4.19. The van der Waals surface area contributed by atoms with Crippen LogP contribution in [0.4, 0.5) is 4.39 Å². The van der Waals surface area contributed by atoms with Gasteiger partial charge in [0, 0.05) is 23.2 Å². The molecule has 0 bridgehead atoms. The van der Waals surface area contributed by atoms with E-state index in [9.17, 15) is 14.0 Å². The number of aromatic nitrogens is 3. The molecule has 0 saturated heterocycles. The van der Waals surface area contributed by atoms with Crippen molar-refractivity contribution in [2.75, 3.05) is 0 Å². The van der Waals surface area contributed by atoms with Gasteiger partial charge in [0.15, 0.2) is 0 Å². The van der Waals surface area contributed by atoms with Gasteiger partial charge in [-0.3, -0.25) is 19.7 Å². The molecule has 0 spiro atoms. The van der Waals surface area contributed by atoms with Crippen molar-refractivity contribution in [3.8, 4) is 5.69 Å². The van der Waals surface area contributed by atoms with Crippen molar-refractivity contribution >= 4 is 27.7 Å². The van der Waals surface area contributed by atoms with Crippen LogP contribution in [-0.4, -0.2) is 26.7 Å². The molecule has 30 heavy (non-hydrogen) atoms. The smallest absolute Gasteiger partial charge is 0.280 e. The number of H-pyrrole nitrogens is 1. The zero-order chi connectivity index (χ0) is 20.7. The van der Waals surface area contributed by atoms with Gasteiger partial charge in [-0.2, -0.15) is 0 Å². The van der Waals surface area contributed by atoms with Gasteiger partial charge in [0.05, 0.1) is 22.1 Å². The Bertz CT molecular complexity index is 1300. The Hall–Kier alpha value is -3.48. The molecule has 1 saturated carbocycles. The summed E-state index contributed by atoms with van der Waals surface area (Å²) in [6, 6.07) is 11.2. The molecular weight excluding hydrogens is 383 g/mol. The lowest BCUT2D eigenvalue weighted by molar-refractivity contribution is 0.0928. The zero-order valence-corrected chi connectivity index (χ0v) is 16.3. The Morgan fingerprint density at radius 2 is 1.83 bits per heavy atom. The van der Waals surface area contributed by atoms with Gasteiger partial charge >= 0.3 is 0 Å². The second-order valence-electron chi connectivity index (χ2n) is 7.82. The molecule has 0 radical (unpaired) electrons. The van der Waals surface area contributed by atoms with E-state index in [2.05, 4.69) is 15.4 Å². The highest BCUT2D eigenvalue weighted by molar-refractivity contribution is 6.06. The minimum Gasteiger partial charge on any atom is -0.349 e. The number of halogens is 1. The van der Waals surface area contributed by atoms with Crippen molar-refractivity contribution < 1.29 is 9.18 Å². The summed E-state index contributed by atoms with van der Waals surface area (Å²) in [6.45, 7) is 0. The molecule has 1 amide bonds. The summed E-state index contributed by atoms with van der Waals surface area (Å²) in [4.78, 5) is 30.0. The summed E-state index contributed by atoms with van der Waals surface area (Å²) in [6.07, 6.45) is 7.07. The van der Waals surface area contributed by atoms with Crippen LogP contribution in [0, 0.1) is 5.82 Å². The predicted molar refractivity (Wildman–Crippen MR) is 113 cm³/mol. The van der Waals surface area contributed by atoms with Crippen LogP contribution in [0.5, 0.6) is 0 Å². The average Bonchev–Trinajstić information content (AvgIpc) is 3.11. The number of pyridine rings is 1. The molecule has 4 aromatic rings. The molecule has 7 heteroatoms. The summed E-state index contributed by atoms with van der Waals surface area (Å²) >= 11 is 0. The lowest BCUT2D eigenvalue weighted by atomic mass is 9.95. The molecule has 1 aliphatic rings. The molecule has 2 heterocycles. The summed E-state index contributed by atoms with van der Waals surface area (Å²) in [5.41, 5.74) is 2.07. The number of amides is 1. The number of aromatic amines is 1. The number of carbonyl (C=O) groups is 1. The number of rotatable bonds is 3. The van der Waals surface area contributed by atoms with Gasteiger partial charge in [0.25, 0.3) is 11.5 Å². The van der Waals surface area contributed by atoms with Crippen LogP contribution in [0.2, 0.25) is 0 Å². The number of fused-ring (bicyclic) bond motifs is 3. The minimum atomic E-state index is -0.372. The highest BCUT2D eigenvalue weighted by Gasteiger charge is 2.18. The lowest BCUT2D eigenvalue weighted by Crippen LogP contribution is -2.36. The quantitative estimate of drug-likeness (QED) is 0.540. The Balaban J connectivity index is 1.57. The molecule has 2 N–H and O–H groups in total. The maximum atomic E-state index is 13.3. The first-order valence-corrected chi connectivity index (χ1v) is 10.2. The standard InChI is InChI=1S/C23H21FN4O2/c24-15-7-9-17(10-8-15)28-23(30)19-13-25-20-11-6-14(12-18(20)21(19)27-28)22(29)26-16-4-2-1-3-5-16/h6-13,16,27H,1-5H2,(H,26,29). The lowest BCUT2D eigenvalue weighted by Gasteiger charge is -2.22. The molecule has 2 aromatic carbocycles. The van der Waals surface area contributed by atoms with Gasteiger partial charge in [-0.25, -0.2) is 9.07 Å². The normalized spacial score (nSPS) is 15.0. The maximum Gasteiger partial charge on any atom is 0.280 e. The molecule has 0 atom stereocenters. The highest BCUT2D eigenvalue weighted by atomic mass is 19.1. The third-order valence-corrected chi connectivity index (χ3v) is 5.81. The Labute approximate surface area is 171 Å². The van der Waals surface area contributed by atoms with E-state index in [1.165, 1.54) is 41.6 Å². The monoisotopic (exact) mass is 404 g/mol. The molecular formula is C23H21FN4O2. The number of hydrogen-bond donors (Lipinski definition) is 2. The molecule has 2 aromatic heterocycles. The molecule has 152 valence electrons. The number of hydrogen-bond acceptors (Lipinski definition) is 3. The van der Waals surface area contributed by atoms with Gasteiger partial charge in [-0.05, 0) is 55.3 Å². The van der Waals surface area contributed by atoms with Crippen LogP contribution in [0.15, 0.2) is 53.5 Å². The number of carbonyl (C=O) groups excluding carboxylic acids is 1. The van der Waals surface area contributed by atoms with Crippen LogP contribution in [0.1, 0.15) is 42.5 Å². The van der Waals surface area contributed by atoms with Crippen molar-refractivity contribution in [2.45, 2.75) is 38.1 Å². The number of nitrogens with one attached hydrogen (secondary N) is 2. The molecule has 0 unspecified atom stereocenters. The van der Waals surface area contributed by atoms with E-state index < -0.39 is 0 Å². The Morgan fingerprint density at radius 1 is 1.07 bits per heavy atom. The van der Waals surface area contributed by atoms with Gasteiger partial charge in [-0.15, -0.1) is 0 Å². The Morgan fingerprint density at radius 3 is 2.60 bits per heavy atom. The van der Waals surface area contributed by atoms with E-state index in [-0.39, 0.29) is 23.3 Å². The minimum absolute atomic E-state index is 0.110. The van der Waals surface area contributed by atoms with Gasteiger partial charge in [0.2, 0.25) is 0 Å². The third-order valence-electron chi connectivity index (χ3n) is 5.81. The van der Waals surface area contributed by atoms with Crippen molar-refractivity contribution in [3.63, 3.8) is 0 Å². The maximum absolute atomic E-state index is 13.3. The summed E-state index contributed by atoms with van der Waals surface area (Å²) in [7, 11) is 0. The Kier molecular flexibility index (Phi) is 4.58. The van der Waals surface area contributed by atoms with Crippen LogP contribution >= 0.6 is 0 Å². The van der Waals surface area contributed by atoms with E-state index in [1.54, 1.807) is 18.2 Å². The second kappa shape index (κ2) is 7.40. The molecule has 0 aliphatic heterocycles. The SMILES string of the molecule is O=C(NC1CCCCC1)c1ccc2ncc3c(=O)n(-c4ccc(F)cc4)[nH]c3c2c1. The third kappa shape index (κ3) is 3.26. The van der Waals surface area contributed by atoms with Crippen molar-refractivity contribution in [2.24, 2.45) is 0 Å². The highest BCUT2D eigenvalue weighted by Crippen LogP contribution is 2.23. The molecule has 1 fully saturated rings. The topological polar surface area (TPSA) is 79.8 Å². The van der Waals surface area contributed by atoms with Gasteiger partial charge < -0.3 is 5.32 Å². The number of nitrogens with zero attached hydrogens (tertiary/aromatic N) is 2. The first-order chi connectivity index (χ1) is 14.6. The van der Waals surface area contributed by atoms with Crippen molar-refractivity contribution in [1.29, 1.82) is 0 Å². The van der Waals surface area contributed by atoms with Gasteiger partial charge in [-0.1, -0.05) is 19.3 Å². The van der Waals surface area contributed by atoms with Crippen LogP contribution in [0.25, 0.3) is 27.5 Å². The van der Waals surface area contributed by atoms with Gasteiger partial charge in [0.1, 0.15) is 5.82 Å². The average molecular weight is 404 g/mol. The second-order valence-corrected chi connectivity index (χ2v) is 7.82. The van der Waals surface area contributed by atoms with Crippen LogP contribution in [0.3, 0.4) is 0 Å². The molecule has 1 aliphatic carbocycles. The molecule has 5 rings (SSSR count). The summed E-state index contributed by atoms with van der Waals surface area (Å²) in [5.74, 6) is -0.482. The largest absolute Gasteiger partial charge is 0.349 e. The molecule has 6 nitrogen and oxygen atoms in total. The fraction of sp³-hybridized carbons (Fsp3) is 0.261. The van der Waals surface area contributed by atoms with E-state index >= 15 is 0 Å². The van der Waals surface area contributed by atoms with E-state index in [0.29, 0.717) is 33.1 Å². The van der Waals surface area contributed by atoms with E-state index in [4.69, 9.17) is 0 Å². The van der Waals surface area contributed by atoms with E-state index in [0.717, 1.165) is 25.7 Å². The first kappa shape index (κ1) is 18.5. The van der Waals surface area contributed by atoms with Crippen molar-refractivity contribution in [1.82, 2.24) is 20.1 Å². The first-order valence-electron chi connectivity index (χ1n) is 10.2. The predicted octanol–water partition coefficient (Wildman–Crippen LogP) is 4.07. The van der Waals surface area contributed by atoms with Crippen molar-refractivity contribution in [3.05, 3.63) is 70.4 Å². The van der Waals surface area contributed by atoms with E-state index in [1.807, 2.05) is 0 Å². The fourth-order valence-electron chi connectivity index (χ4n) is 4.19.